The third-order valence-corrected chi connectivity index (χ3v) is 8.33. The average Bonchev–Trinajstić information content (AvgIpc) is 2.84. The van der Waals surface area contributed by atoms with E-state index in [4.69, 9.17) is 4.74 Å². The van der Waals surface area contributed by atoms with E-state index in [-0.39, 0.29) is 18.3 Å². The standard InChI is InChI=1S/C29H45F3O/c1-2-3-4-5-6-7-8-9-10-22-11-13-23(14-12-22)24-15-18-26(19-16-24)33-21-25-17-20-27(30)29(32)28(25)31/h17,20,22-24,26H,2-16,18-19,21H2,1H3. The summed E-state index contributed by atoms with van der Waals surface area (Å²) in [6, 6.07) is 2.25. The molecule has 188 valence electrons. The van der Waals surface area contributed by atoms with Gasteiger partial charge in [-0.1, -0.05) is 83.6 Å². The summed E-state index contributed by atoms with van der Waals surface area (Å²) >= 11 is 0. The Hall–Kier alpha value is -1.03. The number of hydrogen-bond donors (Lipinski definition) is 0. The number of unbranched alkanes of at least 4 members (excludes halogenated alkanes) is 7. The number of benzene rings is 1. The van der Waals surface area contributed by atoms with Gasteiger partial charge in [0, 0.05) is 5.56 Å². The molecule has 0 saturated heterocycles. The summed E-state index contributed by atoms with van der Waals surface area (Å²) < 4.78 is 46.2. The molecule has 0 unspecified atom stereocenters. The molecule has 0 bridgehead atoms. The molecule has 1 nitrogen and oxygen atoms in total. The van der Waals surface area contributed by atoms with Crippen molar-refractivity contribution in [3.8, 4) is 0 Å². The van der Waals surface area contributed by atoms with Gasteiger partial charge >= 0.3 is 0 Å². The molecule has 2 fully saturated rings. The fraction of sp³-hybridized carbons (Fsp3) is 0.793. The number of hydrogen-bond acceptors (Lipinski definition) is 1. The predicted molar refractivity (Wildman–Crippen MR) is 130 cm³/mol. The second-order valence-corrected chi connectivity index (χ2v) is 10.7. The van der Waals surface area contributed by atoms with Crippen molar-refractivity contribution in [3.05, 3.63) is 35.1 Å². The first-order valence-corrected chi connectivity index (χ1v) is 13.8. The molecule has 0 aliphatic heterocycles. The molecule has 2 aliphatic rings. The number of ether oxygens (including phenoxy) is 1. The van der Waals surface area contributed by atoms with Crippen molar-refractivity contribution in [1.29, 1.82) is 0 Å². The Kier molecular flexibility index (Phi) is 11.6. The summed E-state index contributed by atoms with van der Waals surface area (Å²) in [7, 11) is 0. The lowest BCUT2D eigenvalue weighted by Gasteiger charge is -2.38. The van der Waals surface area contributed by atoms with E-state index in [1.54, 1.807) is 0 Å². The third kappa shape index (κ3) is 8.60. The molecule has 2 aliphatic carbocycles. The van der Waals surface area contributed by atoms with E-state index in [9.17, 15) is 13.2 Å². The maximum atomic E-state index is 13.8. The van der Waals surface area contributed by atoms with Gasteiger partial charge in [0.1, 0.15) is 0 Å². The Morgan fingerprint density at radius 3 is 1.91 bits per heavy atom. The Morgan fingerprint density at radius 1 is 0.697 bits per heavy atom. The molecule has 0 radical (unpaired) electrons. The van der Waals surface area contributed by atoms with Gasteiger partial charge in [-0.05, 0) is 62.3 Å². The minimum absolute atomic E-state index is 0.0161. The topological polar surface area (TPSA) is 9.23 Å². The third-order valence-electron chi connectivity index (χ3n) is 8.33. The molecule has 0 atom stereocenters. The van der Waals surface area contributed by atoms with Crippen LogP contribution in [0.4, 0.5) is 13.2 Å². The molecule has 4 heteroatoms. The highest BCUT2D eigenvalue weighted by atomic mass is 19.2. The highest BCUT2D eigenvalue weighted by Gasteiger charge is 2.31. The van der Waals surface area contributed by atoms with E-state index in [1.807, 2.05) is 0 Å². The Labute approximate surface area is 199 Å². The monoisotopic (exact) mass is 466 g/mol. The van der Waals surface area contributed by atoms with Crippen LogP contribution in [-0.2, 0) is 11.3 Å². The van der Waals surface area contributed by atoms with Crippen molar-refractivity contribution < 1.29 is 17.9 Å². The van der Waals surface area contributed by atoms with Crippen molar-refractivity contribution in [3.63, 3.8) is 0 Å². The Bertz CT molecular complexity index is 676. The van der Waals surface area contributed by atoms with Gasteiger partial charge in [-0.2, -0.15) is 0 Å². The molecule has 0 aromatic heterocycles. The molecule has 0 spiro atoms. The van der Waals surface area contributed by atoms with Crippen LogP contribution in [0.15, 0.2) is 12.1 Å². The maximum Gasteiger partial charge on any atom is 0.194 e. The molecule has 1 aromatic rings. The fourth-order valence-corrected chi connectivity index (χ4v) is 6.13. The van der Waals surface area contributed by atoms with Gasteiger partial charge < -0.3 is 4.74 Å². The largest absolute Gasteiger partial charge is 0.373 e. The van der Waals surface area contributed by atoms with Gasteiger partial charge in [0.25, 0.3) is 0 Å². The molecule has 0 heterocycles. The lowest BCUT2D eigenvalue weighted by molar-refractivity contribution is -0.00409. The van der Waals surface area contributed by atoms with Crippen molar-refractivity contribution in [2.75, 3.05) is 0 Å². The van der Waals surface area contributed by atoms with Gasteiger partial charge in [0.15, 0.2) is 17.5 Å². The second-order valence-electron chi connectivity index (χ2n) is 10.7. The van der Waals surface area contributed by atoms with E-state index in [2.05, 4.69) is 6.92 Å². The molecule has 0 N–H and O–H groups in total. The zero-order chi connectivity index (χ0) is 23.5. The predicted octanol–water partition coefficient (Wildman–Crippen LogP) is 9.52. The second kappa shape index (κ2) is 14.4. The normalized spacial score (nSPS) is 25.9. The lowest BCUT2D eigenvalue weighted by atomic mass is 9.70. The summed E-state index contributed by atoms with van der Waals surface area (Å²) in [5.41, 5.74) is 0.103. The molecular weight excluding hydrogens is 421 g/mol. The maximum absolute atomic E-state index is 13.8. The molecular formula is C29H45F3O. The van der Waals surface area contributed by atoms with Crippen LogP contribution in [-0.4, -0.2) is 6.10 Å². The summed E-state index contributed by atoms with van der Waals surface area (Å²) in [4.78, 5) is 0. The quantitative estimate of drug-likeness (QED) is 0.208. The van der Waals surface area contributed by atoms with Crippen molar-refractivity contribution in [1.82, 2.24) is 0 Å². The molecule has 33 heavy (non-hydrogen) atoms. The smallest absolute Gasteiger partial charge is 0.194 e. The van der Waals surface area contributed by atoms with Crippen LogP contribution in [0.3, 0.4) is 0 Å². The minimum Gasteiger partial charge on any atom is -0.373 e. The summed E-state index contributed by atoms with van der Waals surface area (Å²) in [5.74, 6) is -1.06. The van der Waals surface area contributed by atoms with Gasteiger partial charge in [-0.3, -0.25) is 0 Å². The summed E-state index contributed by atoms with van der Waals surface area (Å²) in [6.45, 7) is 2.29. The van der Waals surface area contributed by atoms with E-state index in [1.165, 1.54) is 102 Å². The first kappa shape index (κ1) is 26.6. The number of halogens is 3. The SMILES string of the molecule is CCCCCCCCCCC1CCC(C2CCC(OCc3ccc(F)c(F)c3F)CC2)CC1. The first-order valence-electron chi connectivity index (χ1n) is 13.8. The van der Waals surface area contributed by atoms with Crippen LogP contribution in [0.25, 0.3) is 0 Å². The zero-order valence-corrected chi connectivity index (χ0v) is 20.7. The van der Waals surface area contributed by atoms with Gasteiger partial charge in [0.2, 0.25) is 0 Å². The Morgan fingerprint density at radius 2 is 1.27 bits per heavy atom. The Balaban J connectivity index is 1.25. The van der Waals surface area contributed by atoms with Gasteiger partial charge in [-0.25, -0.2) is 13.2 Å². The fourth-order valence-electron chi connectivity index (χ4n) is 6.13. The molecule has 3 rings (SSSR count). The van der Waals surface area contributed by atoms with E-state index >= 15 is 0 Å². The van der Waals surface area contributed by atoms with Gasteiger partial charge in [0.05, 0.1) is 12.7 Å². The van der Waals surface area contributed by atoms with Crippen LogP contribution in [0.5, 0.6) is 0 Å². The van der Waals surface area contributed by atoms with Crippen LogP contribution in [0, 0.1) is 35.2 Å². The summed E-state index contributed by atoms with van der Waals surface area (Å²) in [6.07, 6.45) is 22.7. The van der Waals surface area contributed by atoms with Gasteiger partial charge in [-0.15, -0.1) is 0 Å². The van der Waals surface area contributed by atoms with E-state index < -0.39 is 17.5 Å². The van der Waals surface area contributed by atoms with Crippen LogP contribution in [0.1, 0.15) is 122 Å². The molecule has 2 saturated carbocycles. The lowest BCUT2D eigenvalue weighted by Crippen LogP contribution is -2.28. The van der Waals surface area contributed by atoms with Crippen molar-refractivity contribution in [2.24, 2.45) is 17.8 Å². The van der Waals surface area contributed by atoms with Crippen molar-refractivity contribution >= 4 is 0 Å². The van der Waals surface area contributed by atoms with Crippen LogP contribution < -0.4 is 0 Å². The number of rotatable bonds is 13. The molecule has 0 amide bonds. The highest BCUT2D eigenvalue weighted by Crippen LogP contribution is 2.41. The van der Waals surface area contributed by atoms with Crippen molar-refractivity contribution in [2.45, 2.75) is 129 Å². The highest BCUT2D eigenvalue weighted by molar-refractivity contribution is 5.19. The average molecular weight is 467 g/mol. The van der Waals surface area contributed by atoms with Crippen LogP contribution >= 0.6 is 0 Å². The molecule has 1 aromatic carbocycles. The zero-order valence-electron chi connectivity index (χ0n) is 20.7. The van der Waals surface area contributed by atoms with Crippen LogP contribution in [0.2, 0.25) is 0 Å². The minimum atomic E-state index is -1.40. The summed E-state index contributed by atoms with van der Waals surface area (Å²) in [5, 5.41) is 0. The van der Waals surface area contributed by atoms with E-state index in [0.29, 0.717) is 0 Å². The van der Waals surface area contributed by atoms with E-state index in [0.717, 1.165) is 36.7 Å². The first-order chi connectivity index (χ1) is 16.1.